The van der Waals surface area contributed by atoms with E-state index in [1.54, 1.807) is 11.9 Å². The van der Waals surface area contributed by atoms with Crippen LogP contribution < -0.4 is 5.32 Å². The van der Waals surface area contributed by atoms with Gasteiger partial charge in [-0.1, -0.05) is 6.92 Å². The van der Waals surface area contributed by atoms with E-state index in [1.165, 1.54) is 0 Å². The van der Waals surface area contributed by atoms with Gasteiger partial charge in [0.1, 0.15) is 0 Å². The molecule has 0 aliphatic carbocycles. The van der Waals surface area contributed by atoms with E-state index in [2.05, 4.69) is 5.32 Å². The Morgan fingerprint density at radius 2 is 2.08 bits per heavy atom. The van der Waals surface area contributed by atoms with Crippen LogP contribution in [0.4, 0.5) is 4.79 Å². The van der Waals surface area contributed by atoms with Crippen molar-refractivity contribution < 1.29 is 9.90 Å². The summed E-state index contributed by atoms with van der Waals surface area (Å²) in [6.45, 7) is 6.49. The van der Waals surface area contributed by atoms with Crippen molar-refractivity contribution in [2.75, 3.05) is 20.2 Å². The van der Waals surface area contributed by atoms with Gasteiger partial charge < -0.3 is 15.3 Å². The number of rotatable bonds is 4. The van der Waals surface area contributed by atoms with Gasteiger partial charge in [0, 0.05) is 26.2 Å². The molecule has 0 fully saturated rings. The number of aliphatic hydroxyl groups excluding tert-OH is 1. The number of hydrogen-bond donors (Lipinski definition) is 2. The average Bonchev–Trinajstić information content (AvgIpc) is 2.14. The molecule has 2 atom stereocenters. The van der Waals surface area contributed by atoms with Gasteiger partial charge in [-0.05, 0) is 19.8 Å². The fraction of sp³-hybridized carbons (Fsp3) is 0.889. The van der Waals surface area contributed by atoms with Crippen LogP contribution in [0.25, 0.3) is 0 Å². The van der Waals surface area contributed by atoms with Gasteiger partial charge in [-0.3, -0.25) is 0 Å². The molecule has 0 saturated heterocycles. The molecule has 0 saturated carbocycles. The number of hydrogen-bond acceptors (Lipinski definition) is 2. The van der Waals surface area contributed by atoms with Crippen molar-refractivity contribution in [2.24, 2.45) is 5.92 Å². The van der Waals surface area contributed by atoms with Crippen molar-refractivity contribution >= 4 is 6.03 Å². The molecule has 0 aliphatic heterocycles. The first kappa shape index (κ1) is 12.2. The highest BCUT2D eigenvalue weighted by atomic mass is 16.3. The van der Waals surface area contributed by atoms with E-state index in [0.717, 1.165) is 0 Å². The van der Waals surface area contributed by atoms with Gasteiger partial charge in [0.25, 0.3) is 0 Å². The van der Waals surface area contributed by atoms with E-state index in [0.29, 0.717) is 6.54 Å². The van der Waals surface area contributed by atoms with Gasteiger partial charge in [-0.15, -0.1) is 0 Å². The lowest BCUT2D eigenvalue weighted by Gasteiger charge is -2.23. The Morgan fingerprint density at radius 3 is 2.46 bits per heavy atom. The van der Waals surface area contributed by atoms with Gasteiger partial charge in [0.15, 0.2) is 0 Å². The minimum Gasteiger partial charge on any atom is -0.396 e. The molecule has 0 radical (unpaired) electrons. The Morgan fingerprint density at radius 1 is 1.54 bits per heavy atom. The third-order valence-electron chi connectivity index (χ3n) is 2.31. The summed E-state index contributed by atoms with van der Waals surface area (Å²) in [5, 5.41) is 11.7. The SMILES string of the molecule is CCN(C)C(=O)NC(C)C(C)CO. The minimum atomic E-state index is -0.0877. The van der Waals surface area contributed by atoms with Crippen molar-refractivity contribution in [2.45, 2.75) is 26.8 Å². The molecule has 2 unspecified atom stereocenters. The smallest absolute Gasteiger partial charge is 0.317 e. The van der Waals surface area contributed by atoms with Crippen molar-refractivity contribution in [3.05, 3.63) is 0 Å². The van der Waals surface area contributed by atoms with Crippen molar-refractivity contribution in [1.82, 2.24) is 10.2 Å². The highest BCUT2D eigenvalue weighted by Crippen LogP contribution is 2.00. The first-order valence-electron chi connectivity index (χ1n) is 4.65. The maximum atomic E-state index is 11.3. The van der Waals surface area contributed by atoms with Gasteiger partial charge in [0.2, 0.25) is 0 Å². The summed E-state index contributed by atoms with van der Waals surface area (Å²) < 4.78 is 0. The summed E-state index contributed by atoms with van der Waals surface area (Å²) >= 11 is 0. The first-order chi connectivity index (χ1) is 6.02. The summed E-state index contributed by atoms with van der Waals surface area (Å²) in [5.41, 5.74) is 0. The molecule has 0 bridgehead atoms. The molecule has 4 nitrogen and oxygen atoms in total. The zero-order valence-corrected chi connectivity index (χ0v) is 8.87. The number of nitrogens with zero attached hydrogens (tertiary/aromatic N) is 1. The predicted octanol–water partition coefficient (Wildman–Crippen LogP) is 0.665. The van der Waals surface area contributed by atoms with Crippen LogP contribution in [0.1, 0.15) is 20.8 Å². The Balaban J connectivity index is 3.91. The summed E-state index contributed by atoms with van der Waals surface area (Å²) in [6.07, 6.45) is 0. The number of carbonyl (C=O) groups is 1. The largest absolute Gasteiger partial charge is 0.396 e. The summed E-state index contributed by atoms with van der Waals surface area (Å²) in [4.78, 5) is 12.9. The van der Waals surface area contributed by atoms with E-state index in [1.807, 2.05) is 20.8 Å². The molecule has 13 heavy (non-hydrogen) atoms. The first-order valence-corrected chi connectivity index (χ1v) is 4.65. The number of aliphatic hydroxyl groups is 1. The van der Waals surface area contributed by atoms with Crippen molar-refractivity contribution in [3.8, 4) is 0 Å². The highest BCUT2D eigenvalue weighted by molar-refractivity contribution is 5.74. The van der Waals surface area contributed by atoms with Gasteiger partial charge in [0.05, 0.1) is 0 Å². The van der Waals surface area contributed by atoms with Crippen LogP contribution in [-0.2, 0) is 0 Å². The van der Waals surface area contributed by atoms with E-state index < -0.39 is 0 Å². The second-order valence-corrected chi connectivity index (χ2v) is 3.41. The zero-order chi connectivity index (χ0) is 10.4. The molecule has 0 rings (SSSR count). The zero-order valence-electron chi connectivity index (χ0n) is 8.87. The normalized spacial score (nSPS) is 14.8. The topological polar surface area (TPSA) is 52.6 Å². The molecule has 0 aromatic rings. The Kier molecular flexibility index (Phi) is 5.46. The lowest BCUT2D eigenvalue weighted by Crippen LogP contribution is -2.44. The molecule has 2 N–H and O–H groups in total. The average molecular weight is 188 g/mol. The molecule has 78 valence electrons. The van der Waals surface area contributed by atoms with Crippen LogP contribution in [0.2, 0.25) is 0 Å². The Hall–Kier alpha value is -0.770. The van der Waals surface area contributed by atoms with Crippen molar-refractivity contribution in [3.63, 3.8) is 0 Å². The molecule has 0 aromatic heterocycles. The summed E-state index contributed by atoms with van der Waals surface area (Å²) in [6, 6.07) is -0.0817. The lowest BCUT2D eigenvalue weighted by molar-refractivity contribution is 0.185. The highest BCUT2D eigenvalue weighted by Gasteiger charge is 2.15. The number of carbonyl (C=O) groups excluding carboxylic acids is 1. The number of nitrogens with one attached hydrogen (secondary N) is 1. The maximum absolute atomic E-state index is 11.3. The molecule has 0 aromatic carbocycles. The standard InChI is InChI=1S/C9H20N2O2/c1-5-11(4)9(13)10-8(3)7(2)6-12/h7-8,12H,5-6H2,1-4H3,(H,10,13). The van der Waals surface area contributed by atoms with E-state index in [4.69, 9.17) is 5.11 Å². The molecule has 4 heteroatoms. The monoisotopic (exact) mass is 188 g/mol. The molecule has 0 heterocycles. The molecular weight excluding hydrogens is 168 g/mol. The summed E-state index contributed by atoms with van der Waals surface area (Å²) in [7, 11) is 1.74. The van der Waals surface area contributed by atoms with Crippen LogP contribution in [-0.4, -0.2) is 42.3 Å². The van der Waals surface area contributed by atoms with Gasteiger partial charge in [-0.2, -0.15) is 0 Å². The van der Waals surface area contributed by atoms with Gasteiger partial charge >= 0.3 is 6.03 Å². The molecule has 0 aliphatic rings. The fourth-order valence-electron chi connectivity index (χ4n) is 0.749. The van der Waals surface area contributed by atoms with Crippen LogP contribution in [0.15, 0.2) is 0 Å². The Labute approximate surface area is 79.9 Å². The van der Waals surface area contributed by atoms with E-state index in [-0.39, 0.29) is 24.6 Å². The molecule has 0 spiro atoms. The van der Waals surface area contributed by atoms with E-state index >= 15 is 0 Å². The summed E-state index contributed by atoms with van der Waals surface area (Å²) in [5.74, 6) is 0.0919. The van der Waals surface area contributed by atoms with Crippen LogP contribution in [0.3, 0.4) is 0 Å². The second-order valence-electron chi connectivity index (χ2n) is 3.41. The molecular formula is C9H20N2O2. The number of urea groups is 1. The predicted molar refractivity (Wildman–Crippen MR) is 52.5 cm³/mol. The third kappa shape index (κ3) is 4.12. The van der Waals surface area contributed by atoms with Crippen LogP contribution in [0.5, 0.6) is 0 Å². The maximum Gasteiger partial charge on any atom is 0.317 e. The minimum absolute atomic E-state index is 0.00602. The molecule has 2 amide bonds. The quantitative estimate of drug-likeness (QED) is 0.681. The number of amides is 2. The third-order valence-corrected chi connectivity index (χ3v) is 2.31. The van der Waals surface area contributed by atoms with Crippen molar-refractivity contribution in [1.29, 1.82) is 0 Å². The Bertz CT molecular complexity index is 162. The lowest BCUT2D eigenvalue weighted by atomic mass is 10.1. The van der Waals surface area contributed by atoms with Crippen LogP contribution >= 0.6 is 0 Å². The van der Waals surface area contributed by atoms with E-state index in [9.17, 15) is 4.79 Å². The fourth-order valence-corrected chi connectivity index (χ4v) is 0.749. The second kappa shape index (κ2) is 5.80. The van der Waals surface area contributed by atoms with Crippen LogP contribution in [0, 0.1) is 5.92 Å². The van der Waals surface area contributed by atoms with Gasteiger partial charge in [-0.25, -0.2) is 4.79 Å².